The van der Waals surface area contributed by atoms with Crippen LogP contribution in [0.5, 0.6) is 5.75 Å². The molecule has 0 saturated carbocycles. The van der Waals surface area contributed by atoms with Crippen molar-refractivity contribution in [2.75, 3.05) is 13.1 Å². The van der Waals surface area contributed by atoms with Gasteiger partial charge in [-0.1, -0.05) is 48.5 Å². The largest absolute Gasteiger partial charge is 0.508 e. The Hall–Kier alpha value is -2.37. The Bertz CT molecular complexity index is 720. The van der Waals surface area contributed by atoms with E-state index >= 15 is 0 Å². The van der Waals surface area contributed by atoms with E-state index in [0.717, 1.165) is 25.1 Å². The summed E-state index contributed by atoms with van der Waals surface area (Å²) >= 11 is 0. The zero-order valence-electron chi connectivity index (χ0n) is 15.2. The van der Waals surface area contributed by atoms with Gasteiger partial charge in [-0.15, -0.1) is 0 Å². The molecule has 0 bridgehead atoms. The van der Waals surface area contributed by atoms with Gasteiger partial charge < -0.3 is 15.7 Å². The van der Waals surface area contributed by atoms with Crippen molar-refractivity contribution in [3.05, 3.63) is 65.7 Å². The predicted molar refractivity (Wildman–Crippen MR) is 103 cm³/mol. The maximum Gasteiger partial charge on any atom is 0.237 e. The normalized spacial score (nSPS) is 20.2. The van der Waals surface area contributed by atoms with E-state index in [1.807, 2.05) is 43.3 Å². The molecule has 5 heteroatoms. The van der Waals surface area contributed by atoms with Crippen LogP contribution in [0.1, 0.15) is 24.5 Å². The summed E-state index contributed by atoms with van der Waals surface area (Å²) in [4.78, 5) is 14.7. The molecule has 3 N–H and O–H groups in total. The van der Waals surface area contributed by atoms with E-state index in [2.05, 4.69) is 27.7 Å². The first kappa shape index (κ1) is 18.4. The number of aromatic hydroxyl groups is 1. The van der Waals surface area contributed by atoms with Gasteiger partial charge in [0, 0.05) is 37.8 Å². The fourth-order valence-corrected chi connectivity index (χ4v) is 3.52. The van der Waals surface area contributed by atoms with Crippen molar-refractivity contribution >= 4 is 5.91 Å². The number of benzene rings is 2. The summed E-state index contributed by atoms with van der Waals surface area (Å²) in [6.45, 7) is 4.76. The summed E-state index contributed by atoms with van der Waals surface area (Å²) in [5.74, 6) is 0.398. The van der Waals surface area contributed by atoms with Crippen LogP contribution in [0.15, 0.2) is 54.6 Å². The Morgan fingerprint density at radius 3 is 2.62 bits per heavy atom. The molecule has 0 unspecified atom stereocenters. The summed E-state index contributed by atoms with van der Waals surface area (Å²) in [5, 5.41) is 16.4. The maximum absolute atomic E-state index is 12.5. The lowest BCUT2D eigenvalue weighted by molar-refractivity contribution is -0.125. The molecule has 1 aliphatic rings. The van der Waals surface area contributed by atoms with E-state index in [1.54, 1.807) is 6.07 Å². The van der Waals surface area contributed by atoms with Gasteiger partial charge in [0.2, 0.25) is 5.91 Å². The number of carbonyl (C=O) groups is 1. The molecule has 1 heterocycles. The van der Waals surface area contributed by atoms with Gasteiger partial charge in [0.05, 0.1) is 6.04 Å². The highest BCUT2D eigenvalue weighted by Crippen LogP contribution is 2.22. The Kier molecular flexibility index (Phi) is 6.26. The average molecular weight is 353 g/mol. The van der Waals surface area contributed by atoms with Crippen LogP contribution in [0.25, 0.3) is 0 Å². The number of hydrogen-bond acceptors (Lipinski definition) is 4. The quantitative estimate of drug-likeness (QED) is 0.714. The van der Waals surface area contributed by atoms with Crippen molar-refractivity contribution < 1.29 is 9.90 Å². The second kappa shape index (κ2) is 8.83. The second-order valence-corrected chi connectivity index (χ2v) is 6.77. The number of phenolic OH excluding ortho intramolecular Hbond substituents is 1. The summed E-state index contributed by atoms with van der Waals surface area (Å²) < 4.78 is 0. The van der Waals surface area contributed by atoms with Crippen molar-refractivity contribution in [1.82, 2.24) is 15.5 Å². The highest BCUT2D eigenvalue weighted by atomic mass is 16.3. The summed E-state index contributed by atoms with van der Waals surface area (Å²) in [6.07, 6.45) is 0.770. The zero-order chi connectivity index (χ0) is 18.4. The number of nitrogens with zero attached hydrogens (tertiary/aromatic N) is 1. The molecule has 0 radical (unpaired) electrons. The summed E-state index contributed by atoms with van der Waals surface area (Å²) in [6, 6.07) is 17.7. The van der Waals surface area contributed by atoms with Gasteiger partial charge in [-0.25, -0.2) is 0 Å². The van der Waals surface area contributed by atoms with Crippen LogP contribution in [-0.4, -0.2) is 41.1 Å². The molecular formula is C21H27N3O2. The molecule has 138 valence electrons. The van der Waals surface area contributed by atoms with E-state index < -0.39 is 0 Å². The first-order chi connectivity index (χ1) is 12.7. The van der Waals surface area contributed by atoms with Gasteiger partial charge in [0.1, 0.15) is 5.75 Å². The third kappa shape index (κ3) is 4.62. The van der Waals surface area contributed by atoms with E-state index in [9.17, 15) is 9.90 Å². The fraction of sp³-hybridized carbons (Fsp3) is 0.381. The molecule has 1 fully saturated rings. The number of para-hydroxylation sites is 1. The van der Waals surface area contributed by atoms with Crippen LogP contribution in [0, 0.1) is 0 Å². The predicted octanol–water partition coefficient (Wildman–Crippen LogP) is 2.26. The first-order valence-corrected chi connectivity index (χ1v) is 9.23. The average Bonchev–Trinajstić information content (AvgIpc) is 3.05. The van der Waals surface area contributed by atoms with Gasteiger partial charge in [-0.3, -0.25) is 9.69 Å². The first-order valence-electron chi connectivity index (χ1n) is 9.23. The Labute approximate surface area is 155 Å². The van der Waals surface area contributed by atoms with Crippen LogP contribution in [-0.2, 0) is 17.9 Å². The van der Waals surface area contributed by atoms with Crippen LogP contribution in [0.3, 0.4) is 0 Å². The van der Waals surface area contributed by atoms with Gasteiger partial charge in [0.25, 0.3) is 0 Å². The van der Waals surface area contributed by atoms with Crippen LogP contribution in [0.4, 0.5) is 0 Å². The fourth-order valence-electron chi connectivity index (χ4n) is 3.52. The SMILES string of the molecule is CCNC(=O)[C@@H]1C[C@H](NCc2ccccc2O)CN1Cc1ccccc1. The molecule has 0 aromatic heterocycles. The number of likely N-dealkylation sites (tertiary alicyclic amines) is 1. The Morgan fingerprint density at radius 2 is 1.88 bits per heavy atom. The Morgan fingerprint density at radius 1 is 1.15 bits per heavy atom. The summed E-state index contributed by atoms with van der Waals surface area (Å²) in [5.41, 5.74) is 2.09. The number of amides is 1. The Balaban J connectivity index is 1.65. The molecule has 0 aliphatic carbocycles. The van der Waals surface area contributed by atoms with Crippen LogP contribution in [0.2, 0.25) is 0 Å². The molecule has 1 saturated heterocycles. The summed E-state index contributed by atoms with van der Waals surface area (Å²) in [7, 11) is 0. The van der Waals surface area contributed by atoms with E-state index in [0.29, 0.717) is 18.8 Å². The number of carbonyl (C=O) groups excluding carboxylic acids is 1. The molecule has 26 heavy (non-hydrogen) atoms. The van der Waals surface area contributed by atoms with Gasteiger partial charge in [-0.2, -0.15) is 0 Å². The minimum absolute atomic E-state index is 0.0929. The maximum atomic E-state index is 12.5. The molecule has 2 atom stereocenters. The monoisotopic (exact) mass is 353 g/mol. The van der Waals surface area contributed by atoms with Crippen molar-refractivity contribution in [3.8, 4) is 5.75 Å². The van der Waals surface area contributed by atoms with Crippen molar-refractivity contribution in [2.45, 2.75) is 38.5 Å². The van der Waals surface area contributed by atoms with Gasteiger partial charge in [-0.05, 0) is 25.0 Å². The molecule has 2 aromatic rings. The van der Waals surface area contributed by atoms with E-state index in [-0.39, 0.29) is 18.0 Å². The topological polar surface area (TPSA) is 64.6 Å². The van der Waals surface area contributed by atoms with Gasteiger partial charge >= 0.3 is 0 Å². The molecule has 1 amide bonds. The number of phenols is 1. The van der Waals surface area contributed by atoms with Crippen molar-refractivity contribution in [1.29, 1.82) is 0 Å². The van der Waals surface area contributed by atoms with Crippen LogP contribution >= 0.6 is 0 Å². The van der Waals surface area contributed by atoms with Gasteiger partial charge in [0.15, 0.2) is 0 Å². The number of likely N-dealkylation sites (N-methyl/N-ethyl adjacent to an activating group) is 1. The van der Waals surface area contributed by atoms with E-state index in [4.69, 9.17) is 0 Å². The zero-order valence-corrected chi connectivity index (χ0v) is 15.2. The molecule has 3 rings (SSSR count). The molecule has 1 aliphatic heterocycles. The lowest BCUT2D eigenvalue weighted by Crippen LogP contribution is -2.42. The minimum Gasteiger partial charge on any atom is -0.508 e. The highest BCUT2D eigenvalue weighted by molar-refractivity contribution is 5.82. The number of nitrogens with one attached hydrogen (secondary N) is 2. The third-order valence-corrected chi connectivity index (χ3v) is 4.86. The third-order valence-electron chi connectivity index (χ3n) is 4.86. The molecule has 2 aromatic carbocycles. The van der Waals surface area contributed by atoms with Crippen molar-refractivity contribution in [2.24, 2.45) is 0 Å². The van der Waals surface area contributed by atoms with Crippen LogP contribution < -0.4 is 10.6 Å². The number of rotatable bonds is 7. The molecule has 5 nitrogen and oxygen atoms in total. The van der Waals surface area contributed by atoms with Crippen molar-refractivity contribution in [3.63, 3.8) is 0 Å². The molecule has 0 spiro atoms. The lowest BCUT2D eigenvalue weighted by atomic mass is 10.1. The standard InChI is InChI=1S/C21H27N3O2/c1-2-22-21(26)19-12-18(23-13-17-10-6-7-11-20(17)25)15-24(19)14-16-8-4-3-5-9-16/h3-11,18-19,23,25H,2,12-15H2,1H3,(H,22,26)/t18-,19-/m0/s1. The minimum atomic E-state index is -0.128. The smallest absolute Gasteiger partial charge is 0.237 e. The lowest BCUT2D eigenvalue weighted by Gasteiger charge is -2.23. The highest BCUT2D eigenvalue weighted by Gasteiger charge is 2.36. The second-order valence-electron chi connectivity index (χ2n) is 6.77. The van der Waals surface area contributed by atoms with E-state index in [1.165, 1.54) is 5.56 Å². The molecular weight excluding hydrogens is 326 g/mol. The number of hydrogen-bond donors (Lipinski definition) is 3.